The van der Waals surface area contributed by atoms with Gasteiger partial charge in [0.1, 0.15) is 10.1 Å². The van der Waals surface area contributed by atoms with Crippen molar-refractivity contribution in [1.29, 1.82) is 0 Å². The SMILES string of the molecule is CCCOc1ccc(-c2nn(-c3ccccc3)cc2/C=C2\SC(=S)N(CC(=O)[O-])C2=O)cc1. The Balaban J connectivity index is 1.73. The van der Waals surface area contributed by atoms with Gasteiger partial charge in [0.15, 0.2) is 0 Å². The van der Waals surface area contributed by atoms with Gasteiger partial charge in [-0.25, -0.2) is 4.68 Å². The standard InChI is InChI=1S/C24H21N3O4S2/c1-2-12-31-19-10-8-16(9-11-19)22-17(14-27(25-22)18-6-4-3-5-7-18)13-20-23(30)26(15-21(28)29)24(32)33-20/h3-11,13-14H,2,12,15H2,1H3,(H,28,29)/p-1/b20-13-. The molecule has 2 aromatic carbocycles. The number of aliphatic carboxylic acids is 1. The smallest absolute Gasteiger partial charge is 0.266 e. The number of rotatable bonds is 8. The van der Waals surface area contributed by atoms with Gasteiger partial charge in [0.05, 0.1) is 35.4 Å². The third kappa shape index (κ3) is 5.15. The molecule has 33 heavy (non-hydrogen) atoms. The molecule has 2 heterocycles. The predicted molar refractivity (Wildman–Crippen MR) is 130 cm³/mol. The van der Waals surface area contributed by atoms with Crippen molar-refractivity contribution >= 4 is 46.3 Å². The van der Waals surface area contributed by atoms with E-state index in [9.17, 15) is 14.7 Å². The number of thioether (sulfide) groups is 1. The number of hydrogen-bond acceptors (Lipinski definition) is 7. The Hall–Kier alpha value is -3.43. The van der Waals surface area contributed by atoms with E-state index in [0.29, 0.717) is 22.8 Å². The third-order valence-corrected chi connectivity index (χ3v) is 6.19. The van der Waals surface area contributed by atoms with Crippen molar-refractivity contribution in [3.63, 3.8) is 0 Å². The zero-order valence-electron chi connectivity index (χ0n) is 17.8. The molecule has 1 aliphatic rings. The highest BCUT2D eigenvalue weighted by Gasteiger charge is 2.32. The summed E-state index contributed by atoms with van der Waals surface area (Å²) in [5, 5.41) is 15.7. The quantitative estimate of drug-likeness (QED) is 0.363. The molecule has 4 rings (SSSR count). The summed E-state index contributed by atoms with van der Waals surface area (Å²) >= 11 is 6.25. The highest BCUT2D eigenvalue weighted by Crippen LogP contribution is 2.35. The number of carboxylic acids is 1. The fourth-order valence-corrected chi connectivity index (χ4v) is 4.51. The molecule has 168 valence electrons. The van der Waals surface area contributed by atoms with Gasteiger partial charge in [-0.2, -0.15) is 5.10 Å². The molecule has 3 aromatic rings. The predicted octanol–water partition coefficient (Wildman–Crippen LogP) is 3.28. The van der Waals surface area contributed by atoms with Crippen LogP contribution in [0.25, 0.3) is 23.0 Å². The van der Waals surface area contributed by atoms with Gasteiger partial charge >= 0.3 is 0 Å². The topological polar surface area (TPSA) is 87.5 Å². The van der Waals surface area contributed by atoms with Crippen LogP contribution in [0, 0.1) is 0 Å². The van der Waals surface area contributed by atoms with E-state index < -0.39 is 18.4 Å². The Morgan fingerprint density at radius 2 is 1.91 bits per heavy atom. The van der Waals surface area contributed by atoms with E-state index in [1.165, 1.54) is 0 Å². The maximum Gasteiger partial charge on any atom is 0.266 e. The van der Waals surface area contributed by atoms with Crippen LogP contribution in [0.3, 0.4) is 0 Å². The van der Waals surface area contributed by atoms with Crippen LogP contribution in [-0.2, 0) is 9.59 Å². The van der Waals surface area contributed by atoms with Gasteiger partial charge < -0.3 is 14.6 Å². The van der Waals surface area contributed by atoms with Crippen molar-refractivity contribution in [2.75, 3.05) is 13.2 Å². The van der Waals surface area contributed by atoms with Crippen LogP contribution < -0.4 is 9.84 Å². The average Bonchev–Trinajstić information content (AvgIpc) is 3.35. The minimum Gasteiger partial charge on any atom is -0.548 e. The molecule has 1 amide bonds. The summed E-state index contributed by atoms with van der Waals surface area (Å²) in [6.45, 7) is 2.12. The van der Waals surface area contributed by atoms with Gasteiger partial charge in [-0.05, 0) is 48.9 Å². The molecule has 0 saturated carbocycles. The number of aromatic nitrogens is 2. The molecule has 0 radical (unpaired) electrons. The number of carbonyl (C=O) groups excluding carboxylic acids is 2. The molecule has 1 aliphatic heterocycles. The second kappa shape index (κ2) is 10.0. The number of carbonyl (C=O) groups is 2. The minimum atomic E-state index is -1.37. The van der Waals surface area contributed by atoms with Crippen LogP contribution >= 0.6 is 24.0 Å². The molecule has 1 aromatic heterocycles. The van der Waals surface area contributed by atoms with Gasteiger partial charge in [-0.15, -0.1) is 0 Å². The maximum absolute atomic E-state index is 12.7. The molecule has 7 nitrogen and oxygen atoms in total. The van der Waals surface area contributed by atoms with Gasteiger partial charge in [0.2, 0.25) is 0 Å². The number of ether oxygens (including phenoxy) is 1. The zero-order chi connectivity index (χ0) is 23.4. The van der Waals surface area contributed by atoms with Crippen LogP contribution in [0.15, 0.2) is 65.7 Å². The summed E-state index contributed by atoms with van der Waals surface area (Å²) in [5.41, 5.74) is 3.09. The van der Waals surface area contributed by atoms with E-state index in [1.807, 2.05) is 67.7 Å². The third-order valence-electron chi connectivity index (χ3n) is 4.81. The molecule has 0 N–H and O–H groups in total. The van der Waals surface area contributed by atoms with Crippen molar-refractivity contribution in [3.8, 4) is 22.7 Å². The lowest BCUT2D eigenvalue weighted by atomic mass is 10.1. The molecule has 1 fully saturated rings. The van der Waals surface area contributed by atoms with E-state index in [0.717, 1.165) is 40.1 Å². The fraction of sp³-hybridized carbons (Fsp3) is 0.167. The summed E-state index contributed by atoms with van der Waals surface area (Å²) in [4.78, 5) is 25.1. The lowest BCUT2D eigenvalue weighted by Gasteiger charge is -2.14. The van der Waals surface area contributed by atoms with Crippen molar-refractivity contribution in [1.82, 2.24) is 14.7 Å². The second-order valence-electron chi connectivity index (χ2n) is 7.23. The largest absolute Gasteiger partial charge is 0.548 e. The van der Waals surface area contributed by atoms with Crippen molar-refractivity contribution in [2.24, 2.45) is 0 Å². The summed E-state index contributed by atoms with van der Waals surface area (Å²) in [6.07, 6.45) is 4.44. The maximum atomic E-state index is 12.7. The van der Waals surface area contributed by atoms with Gasteiger partial charge in [-0.3, -0.25) is 9.69 Å². The molecular weight excluding hydrogens is 458 g/mol. The summed E-state index contributed by atoms with van der Waals surface area (Å²) < 4.78 is 7.60. The number of para-hydroxylation sites is 1. The van der Waals surface area contributed by atoms with E-state index >= 15 is 0 Å². The molecule has 0 aliphatic carbocycles. The highest BCUT2D eigenvalue weighted by atomic mass is 32.2. The first-order valence-corrected chi connectivity index (χ1v) is 11.5. The second-order valence-corrected chi connectivity index (χ2v) is 8.90. The van der Waals surface area contributed by atoms with Gasteiger partial charge in [0.25, 0.3) is 5.91 Å². The zero-order valence-corrected chi connectivity index (χ0v) is 19.4. The Labute approximate surface area is 200 Å². The van der Waals surface area contributed by atoms with Gasteiger partial charge in [0, 0.05) is 17.3 Å². The Kier molecular flexibility index (Phi) is 6.90. The molecule has 0 unspecified atom stereocenters. The molecule has 0 bridgehead atoms. The lowest BCUT2D eigenvalue weighted by molar-refractivity contribution is -0.305. The summed E-state index contributed by atoms with van der Waals surface area (Å²) in [7, 11) is 0. The molecule has 1 saturated heterocycles. The molecule has 0 spiro atoms. The first-order chi connectivity index (χ1) is 16.0. The number of amides is 1. The molecule has 9 heteroatoms. The van der Waals surface area contributed by atoms with E-state index in [4.69, 9.17) is 22.1 Å². The number of nitrogens with zero attached hydrogens (tertiary/aromatic N) is 3. The fourth-order valence-electron chi connectivity index (χ4n) is 3.27. The highest BCUT2D eigenvalue weighted by molar-refractivity contribution is 8.26. The van der Waals surface area contributed by atoms with Gasteiger partial charge in [-0.1, -0.05) is 49.1 Å². The van der Waals surface area contributed by atoms with E-state index in [2.05, 4.69) is 0 Å². The Morgan fingerprint density at radius 3 is 2.58 bits per heavy atom. The van der Waals surface area contributed by atoms with E-state index in [1.54, 1.807) is 10.8 Å². The number of hydrogen-bond donors (Lipinski definition) is 0. The van der Waals surface area contributed by atoms with E-state index in [-0.39, 0.29) is 4.32 Å². The van der Waals surface area contributed by atoms with Crippen LogP contribution in [-0.4, -0.2) is 44.0 Å². The molecular formula is C24H20N3O4S2-. The number of benzene rings is 2. The van der Waals surface area contributed by atoms with Crippen LogP contribution in [0.5, 0.6) is 5.75 Å². The Morgan fingerprint density at radius 1 is 1.18 bits per heavy atom. The average molecular weight is 479 g/mol. The van der Waals surface area contributed by atoms with Crippen LogP contribution in [0.2, 0.25) is 0 Å². The molecule has 0 atom stereocenters. The minimum absolute atomic E-state index is 0.185. The first-order valence-electron chi connectivity index (χ1n) is 10.3. The summed E-state index contributed by atoms with van der Waals surface area (Å²) in [5.74, 6) is -1.06. The van der Waals surface area contributed by atoms with Crippen molar-refractivity contribution in [3.05, 3.63) is 71.3 Å². The Bertz CT molecular complexity index is 1220. The lowest BCUT2D eigenvalue weighted by Crippen LogP contribution is -2.40. The number of carboxylic acid groups (broad SMARTS) is 1. The van der Waals surface area contributed by atoms with Crippen LogP contribution in [0.4, 0.5) is 0 Å². The normalized spacial score (nSPS) is 14.8. The van der Waals surface area contributed by atoms with Crippen molar-refractivity contribution in [2.45, 2.75) is 13.3 Å². The monoisotopic (exact) mass is 478 g/mol. The number of thiocarbonyl (C=S) groups is 1. The van der Waals surface area contributed by atoms with Crippen LogP contribution in [0.1, 0.15) is 18.9 Å². The first kappa shape index (κ1) is 22.8. The summed E-state index contributed by atoms with van der Waals surface area (Å²) in [6, 6.07) is 17.2. The van der Waals surface area contributed by atoms with Crippen molar-refractivity contribution < 1.29 is 19.4 Å².